The summed E-state index contributed by atoms with van der Waals surface area (Å²) in [7, 11) is 1.31. The number of fused-ring (bicyclic) bond motifs is 3. The van der Waals surface area contributed by atoms with E-state index in [1.807, 2.05) is 0 Å². The fraction of sp³-hybridized carbons (Fsp3) is 0.429. The van der Waals surface area contributed by atoms with E-state index in [9.17, 15) is 14.4 Å². The van der Waals surface area contributed by atoms with Gasteiger partial charge in [-0.1, -0.05) is 6.42 Å². The van der Waals surface area contributed by atoms with Crippen LogP contribution in [0.1, 0.15) is 61.8 Å². The molecule has 8 heteroatoms. The molecule has 0 bridgehead atoms. The Kier molecular flexibility index (Phi) is 5.12. The molecule has 7 nitrogen and oxygen atoms in total. The Hall–Kier alpha value is -2.74. The monoisotopic (exact) mass is 413 g/mol. The number of carbonyl (C=O) groups is 2. The highest BCUT2D eigenvalue weighted by Crippen LogP contribution is 2.32. The fourth-order valence-electron chi connectivity index (χ4n) is 4.14. The van der Waals surface area contributed by atoms with Gasteiger partial charge < -0.3 is 9.72 Å². The molecule has 1 aliphatic rings. The minimum absolute atomic E-state index is 0.131. The first-order valence-electron chi connectivity index (χ1n) is 9.72. The number of H-pyrrole nitrogens is 1. The summed E-state index contributed by atoms with van der Waals surface area (Å²) in [6.45, 7) is 3.29. The van der Waals surface area contributed by atoms with Gasteiger partial charge in [-0.15, -0.1) is 11.3 Å². The van der Waals surface area contributed by atoms with Crippen molar-refractivity contribution in [3.63, 3.8) is 0 Å². The number of esters is 1. The van der Waals surface area contributed by atoms with Gasteiger partial charge in [0.05, 0.1) is 36.6 Å². The SMILES string of the molecule is COC(=O)c1c(C)[nH]c(C(=O)Cn2cnc3sc4c(c3c2=O)CCCCC4)c1C. The van der Waals surface area contributed by atoms with Crippen LogP contribution >= 0.6 is 11.3 Å². The van der Waals surface area contributed by atoms with Crippen molar-refractivity contribution in [2.45, 2.75) is 52.5 Å². The van der Waals surface area contributed by atoms with Gasteiger partial charge in [0.1, 0.15) is 4.83 Å². The Morgan fingerprint density at radius 1 is 1.24 bits per heavy atom. The molecule has 3 aromatic heterocycles. The van der Waals surface area contributed by atoms with Crippen LogP contribution in [0.4, 0.5) is 0 Å². The van der Waals surface area contributed by atoms with E-state index in [2.05, 4.69) is 9.97 Å². The number of carbonyl (C=O) groups excluding carboxylic acids is 2. The molecular weight excluding hydrogens is 390 g/mol. The van der Waals surface area contributed by atoms with Gasteiger partial charge in [-0.3, -0.25) is 14.2 Å². The van der Waals surface area contributed by atoms with Crippen LogP contribution < -0.4 is 5.56 Å². The van der Waals surface area contributed by atoms with Gasteiger partial charge in [-0.25, -0.2) is 9.78 Å². The Bertz CT molecular complexity index is 1180. The van der Waals surface area contributed by atoms with Crippen LogP contribution in [-0.4, -0.2) is 33.4 Å². The second-order valence-electron chi connectivity index (χ2n) is 7.46. The summed E-state index contributed by atoms with van der Waals surface area (Å²) in [6.07, 6.45) is 6.71. The van der Waals surface area contributed by atoms with Gasteiger partial charge in [0.25, 0.3) is 5.56 Å². The molecule has 0 amide bonds. The summed E-state index contributed by atoms with van der Waals surface area (Å²) in [5.41, 5.74) is 2.73. The third kappa shape index (κ3) is 3.31. The van der Waals surface area contributed by atoms with Crippen LogP contribution in [0.15, 0.2) is 11.1 Å². The third-order valence-electron chi connectivity index (χ3n) is 5.61. The average molecular weight is 413 g/mol. The summed E-state index contributed by atoms with van der Waals surface area (Å²) in [5.74, 6) is -0.762. The molecule has 0 saturated heterocycles. The first-order valence-corrected chi connectivity index (χ1v) is 10.5. The highest BCUT2D eigenvalue weighted by atomic mass is 32.1. The zero-order valence-electron chi connectivity index (χ0n) is 16.8. The maximum absolute atomic E-state index is 13.1. The number of ether oxygens (including phenoxy) is 1. The molecule has 152 valence electrons. The van der Waals surface area contributed by atoms with E-state index in [0.717, 1.165) is 36.1 Å². The lowest BCUT2D eigenvalue weighted by atomic mass is 10.1. The second kappa shape index (κ2) is 7.59. The Morgan fingerprint density at radius 2 is 2.00 bits per heavy atom. The number of aromatic amines is 1. The van der Waals surface area contributed by atoms with Crippen molar-refractivity contribution in [1.29, 1.82) is 0 Å². The van der Waals surface area contributed by atoms with E-state index in [4.69, 9.17) is 4.74 Å². The molecule has 0 aromatic carbocycles. The topological polar surface area (TPSA) is 94.1 Å². The van der Waals surface area contributed by atoms with Crippen molar-refractivity contribution in [2.75, 3.05) is 7.11 Å². The van der Waals surface area contributed by atoms with Crippen molar-refractivity contribution in [1.82, 2.24) is 14.5 Å². The number of aryl methyl sites for hydroxylation is 3. The maximum Gasteiger partial charge on any atom is 0.339 e. The predicted octanol–water partition coefficient (Wildman–Crippen LogP) is 3.34. The average Bonchev–Trinajstić information content (AvgIpc) is 3.10. The van der Waals surface area contributed by atoms with Gasteiger partial charge >= 0.3 is 5.97 Å². The normalized spacial score (nSPS) is 13.9. The van der Waals surface area contributed by atoms with Crippen molar-refractivity contribution in [2.24, 2.45) is 0 Å². The van der Waals surface area contributed by atoms with E-state index in [1.54, 1.807) is 25.2 Å². The minimum Gasteiger partial charge on any atom is -0.465 e. The number of hydrogen-bond acceptors (Lipinski definition) is 6. The molecule has 0 saturated carbocycles. The van der Waals surface area contributed by atoms with Crippen molar-refractivity contribution < 1.29 is 14.3 Å². The molecule has 0 fully saturated rings. The summed E-state index contributed by atoms with van der Waals surface area (Å²) >= 11 is 1.60. The van der Waals surface area contributed by atoms with Crippen LogP contribution in [0.5, 0.6) is 0 Å². The number of ketones is 1. The van der Waals surface area contributed by atoms with Gasteiger partial charge in [0.15, 0.2) is 5.78 Å². The smallest absolute Gasteiger partial charge is 0.339 e. The van der Waals surface area contributed by atoms with E-state index >= 15 is 0 Å². The number of nitrogens with one attached hydrogen (secondary N) is 1. The maximum atomic E-state index is 13.1. The highest BCUT2D eigenvalue weighted by Gasteiger charge is 2.24. The first kappa shape index (κ1) is 19.6. The predicted molar refractivity (Wildman–Crippen MR) is 111 cm³/mol. The Morgan fingerprint density at radius 3 is 2.76 bits per heavy atom. The van der Waals surface area contributed by atoms with Crippen LogP contribution in [-0.2, 0) is 24.1 Å². The lowest BCUT2D eigenvalue weighted by molar-refractivity contribution is 0.0599. The number of nitrogens with zero attached hydrogens (tertiary/aromatic N) is 2. The zero-order valence-corrected chi connectivity index (χ0v) is 17.6. The highest BCUT2D eigenvalue weighted by molar-refractivity contribution is 7.18. The number of hydrogen-bond donors (Lipinski definition) is 1. The zero-order chi connectivity index (χ0) is 20.7. The van der Waals surface area contributed by atoms with E-state index in [-0.39, 0.29) is 17.9 Å². The van der Waals surface area contributed by atoms with E-state index in [0.29, 0.717) is 27.9 Å². The summed E-state index contributed by atoms with van der Waals surface area (Å²) in [6, 6.07) is 0. The number of aromatic nitrogens is 3. The molecule has 0 radical (unpaired) electrons. The second-order valence-corrected chi connectivity index (χ2v) is 8.55. The number of methoxy groups -OCH3 is 1. The molecule has 3 aromatic rings. The number of rotatable bonds is 4. The molecule has 0 unspecified atom stereocenters. The molecule has 1 N–H and O–H groups in total. The van der Waals surface area contributed by atoms with Gasteiger partial charge in [-0.2, -0.15) is 0 Å². The van der Waals surface area contributed by atoms with E-state index < -0.39 is 5.97 Å². The van der Waals surface area contributed by atoms with E-state index in [1.165, 1.54) is 29.3 Å². The fourth-order valence-corrected chi connectivity index (χ4v) is 5.36. The largest absolute Gasteiger partial charge is 0.465 e. The summed E-state index contributed by atoms with van der Waals surface area (Å²) in [4.78, 5) is 47.5. The first-order chi connectivity index (χ1) is 13.9. The standard InChI is InChI=1S/C21H23N3O4S/c1-11-16(21(27)28-3)12(2)23-18(11)14(25)9-24-10-22-19-17(20(24)26)13-7-5-4-6-8-15(13)29-19/h10,23H,4-9H2,1-3H3. The molecule has 3 heterocycles. The molecule has 0 spiro atoms. The minimum atomic E-state index is -0.489. The molecule has 29 heavy (non-hydrogen) atoms. The summed E-state index contributed by atoms with van der Waals surface area (Å²) < 4.78 is 6.17. The van der Waals surface area contributed by atoms with Crippen molar-refractivity contribution in [3.05, 3.63) is 49.6 Å². The van der Waals surface area contributed by atoms with Gasteiger partial charge in [-0.05, 0) is 50.7 Å². The van der Waals surface area contributed by atoms with Gasteiger partial charge in [0.2, 0.25) is 0 Å². The number of Topliss-reactive ketones (excluding diaryl/α,β-unsaturated/α-hetero) is 1. The third-order valence-corrected chi connectivity index (χ3v) is 6.81. The van der Waals surface area contributed by atoms with Crippen LogP contribution in [0.25, 0.3) is 10.2 Å². The van der Waals surface area contributed by atoms with Crippen LogP contribution in [0, 0.1) is 13.8 Å². The molecule has 4 rings (SSSR count). The molecule has 0 aliphatic heterocycles. The lowest BCUT2D eigenvalue weighted by Crippen LogP contribution is -2.25. The van der Waals surface area contributed by atoms with Gasteiger partial charge in [0, 0.05) is 10.6 Å². The lowest BCUT2D eigenvalue weighted by Gasteiger charge is -2.06. The molecule has 0 atom stereocenters. The van der Waals surface area contributed by atoms with Crippen LogP contribution in [0.2, 0.25) is 0 Å². The molecule has 1 aliphatic carbocycles. The Balaban J connectivity index is 1.71. The van der Waals surface area contributed by atoms with Crippen molar-refractivity contribution in [3.8, 4) is 0 Å². The number of thiophene rings is 1. The summed E-state index contributed by atoms with van der Waals surface area (Å²) in [5, 5.41) is 0.664. The molecular formula is C21H23N3O4S. The van der Waals surface area contributed by atoms with Crippen LogP contribution in [0.3, 0.4) is 0 Å². The Labute approximate surface area is 171 Å². The quantitative estimate of drug-likeness (QED) is 0.402. The van der Waals surface area contributed by atoms with Crippen molar-refractivity contribution >= 4 is 33.3 Å².